The molecular formula is C13H18N2O4. The number of nitrogen functional groups attached to an aromatic ring is 1. The number of methoxy groups -OCH3 is 1. The van der Waals surface area contributed by atoms with Crippen LogP contribution in [0, 0.1) is 6.92 Å². The highest BCUT2D eigenvalue weighted by molar-refractivity contribution is 5.74. The molecule has 6 nitrogen and oxygen atoms in total. The molecule has 0 aliphatic carbocycles. The molecule has 4 N–H and O–H groups in total. The summed E-state index contributed by atoms with van der Waals surface area (Å²) >= 11 is 0. The van der Waals surface area contributed by atoms with Crippen molar-refractivity contribution in [2.45, 2.75) is 19.9 Å². The van der Waals surface area contributed by atoms with Crippen molar-refractivity contribution >= 4 is 17.6 Å². The van der Waals surface area contributed by atoms with E-state index in [1.807, 2.05) is 13.0 Å². The summed E-state index contributed by atoms with van der Waals surface area (Å²) in [5.41, 5.74) is 8.92. The molecule has 104 valence electrons. The van der Waals surface area contributed by atoms with Crippen LogP contribution in [0.15, 0.2) is 12.1 Å². The number of benzene rings is 1. The van der Waals surface area contributed by atoms with Crippen molar-refractivity contribution in [1.29, 1.82) is 0 Å². The Morgan fingerprint density at radius 1 is 1.42 bits per heavy atom. The fraction of sp³-hybridized carbons (Fsp3) is 0.385. The van der Waals surface area contributed by atoms with Gasteiger partial charge in [-0.25, -0.2) is 0 Å². The second-order valence-electron chi connectivity index (χ2n) is 4.22. The summed E-state index contributed by atoms with van der Waals surface area (Å²) in [7, 11) is 1.33. The van der Waals surface area contributed by atoms with Crippen LogP contribution in [-0.2, 0) is 27.3 Å². The van der Waals surface area contributed by atoms with Gasteiger partial charge in [0.2, 0.25) is 0 Å². The maximum absolute atomic E-state index is 11.3. The van der Waals surface area contributed by atoms with Crippen molar-refractivity contribution in [3.8, 4) is 0 Å². The number of carbonyl (C=O) groups is 2. The number of nitrogens with two attached hydrogens (primary N) is 1. The molecule has 0 aliphatic rings. The lowest BCUT2D eigenvalue weighted by Gasteiger charge is -2.11. The zero-order valence-corrected chi connectivity index (χ0v) is 11.0. The second kappa shape index (κ2) is 6.75. The number of nitrogens with one attached hydrogen (secondary N) is 1. The average Bonchev–Trinajstić information content (AvgIpc) is 2.34. The van der Waals surface area contributed by atoms with Crippen LogP contribution in [0.1, 0.15) is 16.7 Å². The molecular weight excluding hydrogens is 248 g/mol. The van der Waals surface area contributed by atoms with Crippen LogP contribution in [0.25, 0.3) is 0 Å². The Labute approximate surface area is 111 Å². The molecule has 0 heterocycles. The van der Waals surface area contributed by atoms with E-state index in [2.05, 4.69) is 10.1 Å². The Morgan fingerprint density at radius 3 is 2.68 bits per heavy atom. The maximum atomic E-state index is 11.3. The summed E-state index contributed by atoms with van der Waals surface area (Å²) in [6.45, 7) is 2.09. The number of hydrogen-bond acceptors (Lipinski definition) is 5. The Morgan fingerprint density at radius 2 is 2.11 bits per heavy atom. The molecule has 0 radical (unpaired) electrons. The number of carboxylic acids is 1. The highest BCUT2D eigenvalue weighted by Crippen LogP contribution is 2.20. The molecule has 0 bridgehead atoms. The molecule has 0 amide bonds. The summed E-state index contributed by atoms with van der Waals surface area (Å²) in [6, 6.07) is 3.60. The van der Waals surface area contributed by atoms with E-state index in [0.29, 0.717) is 12.2 Å². The monoisotopic (exact) mass is 266 g/mol. The zero-order valence-electron chi connectivity index (χ0n) is 11.0. The van der Waals surface area contributed by atoms with E-state index in [1.54, 1.807) is 6.07 Å². The Hall–Kier alpha value is -2.08. The highest BCUT2D eigenvalue weighted by Gasteiger charge is 2.10. The van der Waals surface area contributed by atoms with E-state index in [-0.39, 0.29) is 18.9 Å². The number of ether oxygens (including phenoxy) is 1. The van der Waals surface area contributed by atoms with E-state index in [4.69, 9.17) is 10.8 Å². The van der Waals surface area contributed by atoms with Gasteiger partial charge in [-0.3, -0.25) is 9.59 Å². The van der Waals surface area contributed by atoms with Crippen LogP contribution >= 0.6 is 0 Å². The van der Waals surface area contributed by atoms with Gasteiger partial charge in [-0.1, -0.05) is 6.07 Å². The van der Waals surface area contributed by atoms with Crippen LogP contribution in [0.5, 0.6) is 0 Å². The minimum Gasteiger partial charge on any atom is -0.480 e. The first-order chi connectivity index (χ1) is 8.93. The summed E-state index contributed by atoms with van der Waals surface area (Å²) in [4.78, 5) is 21.7. The lowest BCUT2D eigenvalue weighted by molar-refractivity contribution is -0.140. The van der Waals surface area contributed by atoms with E-state index >= 15 is 0 Å². The van der Waals surface area contributed by atoms with Crippen LogP contribution in [0.3, 0.4) is 0 Å². The van der Waals surface area contributed by atoms with Crippen LogP contribution in [0.4, 0.5) is 5.69 Å². The zero-order chi connectivity index (χ0) is 14.4. The molecule has 1 aromatic carbocycles. The third-order valence-electron chi connectivity index (χ3n) is 2.78. The quantitative estimate of drug-likeness (QED) is 0.511. The van der Waals surface area contributed by atoms with Gasteiger partial charge in [0.1, 0.15) is 0 Å². The summed E-state index contributed by atoms with van der Waals surface area (Å²) < 4.78 is 4.63. The van der Waals surface area contributed by atoms with E-state index in [1.165, 1.54) is 7.11 Å². The van der Waals surface area contributed by atoms with Crippen molar-refractivity contribution in [1.82, 2.24) is 5.32 Å². The van der Waals surface area contributed by atoms with Crippen molar-refractivity contribution in [2.24, 2.45) is 0 Å². The molecule has 6 heteroatoms. The van der Waals surface area contributed by atoms with Gasteiger partial charge in [-0.2, -0.15) is 0 Å². The summed E-state index contributed by atoms with van der Waals surface area (Å²) in [6.07, 6.45) is 0.152. The van der Waals surface area contributed by atoms with E-state index in [0.717, 1.165) is 16.7 Å². The normalized spacial score (nSPS) is 10.2. The third kappa shape index (κ3) is 4.59. The average molecular weight is 266 g/mol. The molecule has 0 saturated heterocycles. The smallest absolute Gasteiger partial charge is 0.317 e. The van der Waals surface area contributed by atoms with E-state index < -0.39 is 5.97 Å². The van der Waals surface area contributed by atoms with Gasteiger partial charge in [-0.15, -0.1) is 0 Å². The van der Waals surface area contributed by atoms with Crippen molar-refractivity contribution in [3.05, 3.63) is 28.8 Å². The molecule has 0 fully saturated rings. The maximum Gasteiger partial charge on any atom is 0.317 e. The molecule has 19 heavy (non-hydrogen) atoms. The van der Waals surface area contributed by atoms with Crippen molar-refractivity contribution < 1.29 is 19.4 Å². The number of rotatable bonds is 6. The predicted octanol–water partition coefficient (Wildman–Crippen LogP) is 0.467. The highest BCUT2D eigenvalue weighted by atomic mass is 16.5. The van der Waals surface area contributed by atoms with Gasteiger partial charge in [0.15, 0.2) is 0 Å². The van der Waals surface area contributed by atoms with Gasteiger partial charge >= 0.3 is 11.9 Å². The first-order valence-electron chi connectivity index (χ1n) is 5.81. The topological polar surface area (TPSA) is 102 Å². The minimum absolute atomic E-state index is 0.125. The number of hydrogen-bond donors (Lipinski definition) is 3. The fourth-order valence-corrected chi connectivity index (χ4v) is 1.69. The molecule has 1 rings (SSSR count). The first-order valence-corrected chi connectivity index (χ1v) is 5.81. The second-order valence-corrected chi connectivity index (χ2v) is 4.22. The SMILES string of the molecule is COC(=O)Cc1cc(CNCC(=O)O)cc(N)c1C. The molecule has 0 aromatic heterocycles. The summed E-state index contributed by atoms with van der Waals surface area (Å²) in [5.74, 6) is -1.26. The van der Waals surface area contributed by atoms with Gasteiger partial charge in [0, 0.05) is 12.2 Å². The minimum atomic E-state index is -0.921. The number of anilines is 1. The molecule has 0 unspecified atom stereocenters. The Balaban J connectivity index is 2.83. The van der Waals surface area contributed by atoms with Crippen LogP contribution in [-0.4, -0.2) is 30.7 Å². The fourth-order valence-electron chi connectivity index (χ4n) is 1.69. The number of esters is 1. The van der Waals surface area contributed by atoms with Gasteiger partial charge in [-0.05, 0) is 29.7 Å². The molecule has 0 aliphatic heterocycles. The van der Waals surface area contributed by atoms with Gasteiger partial charge < -0.3 is 20.9 Å². The molecule has 0 atom stereocenters. The third-order valence-corrected chi connectivity index (χ3v) is 2.78. The van der Waals surface area contributed by atoms with Crippen molar-refractivity contribution in [2.75, 3.05) is 19.4 Å². The summed E-state index contributed by atoms with van der Waals surface area (Å²) in [5, 5.41) is 11.3. The lowest BCUT2D eigenvalue weighted by Crippen LogP contribution is -2.22. The number of aliphatic carboxylic acids is 1. The first kappa shape index (κ1) is 15.0. The Bertz CT molecular complexity index is 486. The predicted molar refractivity (Wildman–Crippen MR) is 70.7 cm³/mol. The van der Waals surface area contributed by atoms with Crippen LogP contribution < -0.4 is 11.1 Å². The van der Waals surface area contributed by atoms with Crippen molar-refractivity contribution in [3.63, 3.8) is 0 Å². The molecule has 0 saturated carbocycles. The van der Waals surface area contributed by atoms with Gasteiger partial charge in [0.25, 0.3) is 0 Å². The largest absolute Gasteiger partial charge is 0.480 e. The van der Waals surface area contributed by atoms with Crippen LogP contribution in [0.2, 0.25) is 0 Å². The van der Waals surface area contributed by atoms with Gasteiger partial charge in [0.05, 0.1) is 20.1 Å². The molecule has 0 spiro atoms. The standard InChI is InChI=1S/C13H18N2O4/c1-8-10(5-13(18)19-2)3-9(4-11(8)14)6-15-7-12(16)17/h3-4,15H,5-7,14H2,1-2H3,(H,16,17). The number of carboxylic acid groups (broad SMARTS) is 1. The van der Waals surface area contributed by atoms with E-state index in [9.17, 15) is 9.59 Å². The lowest BCUT2D eigenvalue weighted by atomic mass is 10.0. The number of carbonyl (C=O) groups excluding carboxylic acids is 1. The molecule has 1 aromatic rings. The Kier molecular flexibility index (Phi) is 5.32.